The van der Waals surface area contributed by atoms with E-state index >= 15 is 0 Å². The van der Waals surface area contributed by atoms with Gasteiger partial charge in [0.05, 0.1) is 11.3 Å². The summed E-state index contributed by atoms with van der Waals surface area (Å²) < 4.78 is 5.16. The first-order valence-electron chi connectivity index (χ1n) is 6.33. The van der Waals surface area contributed by atoms with Crippen LogP contribution in [0.1, 0.15) is 34.0 Å². The number of nitrogens with one attached hydrogen (secondary N) is 1. The Hall–Kier alpha value is -1.95. The average molecular weight is 290 g/mol. The van der Waals surface area contributed by atoms with Crippen molar-refractivity contribution in [1.82, 2.24) is 10.1 Å². The summed E-state index contributed by atoms with van der Waals surface area (Å²) in [5, 5.41) is 7.30. The molecule has 2 heterocycles. The van der Waals surface area contributed by atoms with Gasteiger partial charge in [0.2, 0.25) is 0 Å². The summed E-state index contributed by atoms with van der Waals surface area (Å²) in [5.41, 5.74) is 11.2. The predicted molar refractivity (Wildman–Crippen MR) is 82.9 cm³/mol. The summed E-state index contributed by atoms with van der Waals surface area (Å²) in [5.74, 6) is 0.814. The normalized spacial score (nSPS) is 10.6. The van der Waals surface area contributed by atoms with Crippen LogP contribution in [0.3, 0.4) is 0 Å². The summed E-state index contributed by atoms with van der Waals surface area (Å²) in [4.78, 5) is 4.74. The molecule has 6 heteroatoms. The van der Waals surface area contributed by atoms with Crippen LogP contribution in [0.5, 0.6) is 0 Å². The maximum atomic E-state index is 5.79. The molecule has 0 bridgehead atoms. The molecular weight excluding hydrogens is 272 g/mol. The van der Waals surface area contributed by atoms with Crippen LogP contribution in [-0.4, -0.2) is 15.1 Å². The number of nitrogens with two attached hydrogens (primary N) is 1. The highest BCUT2D eigenvalue weighted by molar-refractivity contribution is 7.80. The smallest absolute Gasteiger partial charge is 0.138 e. The lowest BCUT2D eigenvalue weighted by Gasteiger charge is -2.14. The summed E-state index contributed by atoms with van der Waals surface area (Å²) in [6.07, 6.45) is 0. The number of anilines is 1. The number of aryl methyl sites for hydroxylation is 4. The maximum absolute atomic E-state index is 5.79. The van der Waals surface area contributed by atoms with Crippen LogP contribution >= 0.6 is 12.2 Å². The number of thiocarbonyl (C=S) groups is 1. The van der Waals surface area contributed by atoms with Gasteiger partial charge in [-0.1, -0.05) is 17.4 Å². The first-order chi connectivity index (χ1) is 9.40. The molecule has 3 N–H and O–H groups in total. The van der Waals surface area contributed by atoms with Gasteiger partial charge in [0.15, 0.2) is 0 Å². The maximum Gasteiger partial charge on any atom is 0.138 e. The van der Waals surface area contributed by atoms with E-state index in [0.717, 1.165) is 39.7 Å². The fraction of sp³-hybridized carbons (Fsp3) is 0.357. The standard InChI is InChI=1S/C14H18N4OS/c1-7-5-12(13(14(15)20)9(3)17-7)16-6-11-8(2)18-19-10(11)4/h5H,6H2,1-4H3,(H2,15,20)(H,16,17). The van der Waals surface area contributed by atoms with Gasteiger partial charge in [0.1, 0.15) is 10.7 Å². The molecule has 0 saturated carbocycles. The van der Waals surface area contributed by atoms with Crippen molar-refractivity contribution in [3.8, 4) is 0 Å². The zero-order valence-corrected chi connectivity index (χ0v) is 12.9. The third-order valence-corrected chi connectivity index (χ3v) is 3.42. The lowest BCUT2D eigenvalue weighted by molar-refractivity contribution is 0.392. The molecule has 0 amide bonds. The van der Waals surface area contributed by atoms with E-state index in [0.29, 0.717) is 11.5 Å². The summed E-state index contributed by atoms with van der Waals surface area (Å²) in [6.45, 7) is 8.28. The van der Waals surface area contributed by atoms with Crippen molar-refractivity contribution in [2.75, 3.05) is 5.32 Å². The van der Waals surface area contributed by atoms with Crippen LogP contribution in [0.2, 0.25) is 0 Å². The molecule has 2 aromatic heterocycles. The van der Waals surface area contributed by atoms with Gasteiger partial charge in [-0.15, -0.1) is 0 Å². The molecule has 2 aromatic rings. The van der Waals surface area contributed by atoms with E-state index in [4.69, 9.17) is 22.5 Å². The Kier molecular flexibility index (Phi) is 4.04. The lowest BCUT2D eigenvalue weighted by Crippen LogP contribution is -2.16. The zero-order valence-electron chi connectivity index (χ0n) is 12.1. The van der Waals surface area contributed by atoms with Crippen LogP contribution < -0.4 is 11.1 Å². The minimum absolute atomic E-state index is 0.344. The molecule has 0 aliphatic carbocycles. The van der Waals surface area contributed by atoms with Crippen LogP contribution in [0.15, 0.2) is 10.6 Å². The largest absolute Gasteiger partial charge is 0.389 e. The number of rotatable bonds is 4. The molecule has 106 valence electrons. The molecule has 0 aliphatic rings. The minimum atomic E-state index is 0.344. The van der Waals surface area contributed by atoms with Crippen molar-refractivity contribution in [1.29, 1.82) is 0 Å². The van der Waals surface area contributed by atoms with Gasteiger partial charge in [0.25, 0.3) is 0 Å². The number of pyridine rings is 1. The van der Waals surface area contributed by atoms with Crippen LogP contribution in [0, 0.1) is 27.7 Å². The van der Waals surface area contributed by atoms with E-state index in [1.54, 1.807) is 0 Å². The molecule has 5 nitrogen and oxygen atoms in total. The van der Waals surface area contributed by atoms with E-state index in [9.17, 15) is 0 Å². The van der Waals surface area contributed by atoms with Crippen LogP contribution in [-0.2, 0) is 6.54 Å². The molecule has 0 unspecified atom stereocenters. The molecule has 2 rings (SSSR count). The first-order valence-corrected chi connectivity index (χ1v) is 6.74. The van der Waals surface area contributed by atoms with Gasteiger partial charge >= 0.3 is 0 Å². The molecule has 0 atom stereocenters. The summed E-state index contributed by atoms with van der Waals surface area (Å²) in [6, 6.07) is 1.94. The molecule has 0 aromatic carbocycles. The Morgan fingerprint density at radius 3 is 2.55 bits per heavy atom. The van der Waals surface area contributed by atoms with E-state index in [-0.39, 0.29) is 0 Å². The Labute approximate surface area is 123 Å². The summed E-state index contributed by atoms with van der Waals surface area (Å²) >= 11 is 5.11. The highest BCUT2D eigenvalue weighted by Crippen LogP contribution is 2.22. The average Bonchev–Trinajstić information content (AvgIpc) is 2.65. The van der Waals surface area contributed by atoms with Crippen molar-refractivity contribution >= 4 is 22.9 Å². The number of hydrogen-bond acceptors (Lipinski definition) is 5. The van der Waals surface area contributed by atoms with Crippen molar-refractivity contribution in [3.05, 3.63) is 40.0 Å². The van der Waals surface area contributed by atoms with Gasteiger partial charge in [-0.05, 0) is 33.8 Å². The quantitative estimate of drug-likeness (QED) is 0.843. The molecule has 0 spiro atoms. The van der Waals surface area contributed by atoms with Gasteiger partial charge in [-0.25, -0.2) is 0 Å². The van der Waals surface area contributed by atoms with E-state index in [1.807, 2.05) is 33.8 Å². The Balaban J connectivity index is 2.32. The number of nitrogens with zero attached hydrogens (tertiary/aromatic N) is 2. The monoisotopic (exact) mass is 290 g/mol. The molecule has 0 saturated heterocycles. The third kappa shape index (κ3) is 2.80. The first kappa shape index (κ1) is 14.5. The van der Waals surface area contributed by atoms with Crippen molar-refractivity contribution in [2.24, 2.45) is 5.73 Å². The van der Waals surface area contributed by atoms with E-state index < -0.39 is 0 Å². The zero-order chi connectivity index (χ0) is 14.9. The number of aromatic nitrogens is 2. The Bertz CT molecular complexity index is 644. The fourth-order valence-electron chi connectivity index (χ4n) is 2.22. The molecular formula is C14H18N4OS. The Morgan fingerprint density at radius 1 is 1.30 bits per heavy atom. The number of hydrogen-bond donors (Lipinski definition) is 2. The second-order valence-corrected chi connectivity index (χ2v) is 5.23. The molecule has 0 radical (unpaired) electrons. The topological polar surface area (TPSA) is 77.0 Å². The van der Waals surface area contributed by atoms with Crippen LogP contribution in [0.4, 0.5) is 5.69 Å². The van der Waals surface area contributed by atoms with Crippen molar-refractivity contribution in [2.45, 2.75) is 34.2 Å². The van der Waals surface area contributed by atoms with Crippen molar-refractivity contribution < 1.29 is 4.52 Å². The highest BCUT2D eigenvalue weighted by atomic mass is 32.1. The van der Waals surface area contributed by atoms with E-state index in [2.05, 4.69) is 15.5 Å². The van der Waals surface area contributed by atoms with Gasteiger partial charge in [0, 0.05) is 29.2 Å². The molecule has 0 fully saturated rings. The third-order valence-electron chi connectivity index (χ3n) is 3.21. The van der Waals surface area contributed by atoms with Gasteiger partial charge in [-0.2, -0.15) is 0 Å². The summed E-state index contributed by atoms with van der Waals surface area (Å²) in [7, 11) is 0. The second-order valence-electron chi connectivity index (χ2n) is 4.79. The van der Waals surface area contributed by atoms with E-state index in [1.165, 1.54) is 0 Å². The van der Waals surface area contributed by atoms with Gasteiger partial charge in [-0.3, -0.25) is 4.98 Å². The minimum Gasteiger partial charge on any atom is -0.389 e. The predicted octanol–water partition coefficient (Wildman–Crippen LogP) is 2.55. The molecule has 0 aliphatic heterocycles. The molecule has 20 heavy (non-hydrogen) atoms. The lowest BCUT2D eigenvalue weighted by atomic mass is 10.1. The van der Waals surface area contributed by atoms with Crippen LogP contribution in [0.25, 0.3) is 0 Å². The Morgan fingerprint density at radius 2 is 2.00 bits per heavy atom. The SMILES string of the molecule is Cc1cc(NCc2c(C)noc2C)c(C(N)=S)c(C)n1. The highest BCUT2D eigenvalue weighted by Gasteiger charge is 2.13. The van der Waals surface area contributed by atoms with Gasteiger partial charge < -0.3 is 15.6 Å². The van der Waals surface area contributed by atoms with Crippen molar-refractivity contribution in [3.63, 3.8) is 0 Å². The fourth-order valence-corrected chi connectivity index (χ4v) is 2.47. The second kappa shape index (κ2) is 5.58.